The monoisotopic (exact) mass is 170 g/mol. The maximum atomic E-state index is 4.77. The van der Waals surface area contributed by atoms with E-state index in [1.807, 2.05) is 11.8 Å². The summed E-state index contributed by atoms with van der Waals surface area (Å²) >= 11 is 1.97. The summed E-state index contributed by atoms with van der Waals surface area (Å²) < 4.78 is 4.77. The van der Waals surface area contributed by atoms with Crippen LogP contribution >= 0.6 is 11.8 Å². The number of hydrogen-bond donors (Lipinski definition) is 1. The van der Waals surface area contributed by atoms with Crippen molar-refractivity contribution in [1.82, 2.24) is 10.5 Å². The third kappa shape index (κ3) is 1.57. The topological polar surface area (TPSA) is 38.1 Å². The van der Waals surface area contributed by atoms with Crippen LogP contribution in [0.4, 0.5) is 0 Å². The van der Waals surface area contributed by atoms with Crippen molar-refractivity contribution < 1.29 is 4.52 Å². The minimum absolute atomic E-state index is 0.444. The van der Waals surface area contributed by atoms with Crippen molar-refractivity contribution in [2.24, 2.45) is 0 Å². The molecule has 1 atom stereocenters. The first-order chi connectivity index (χ1) is 5.47. The number of rotatable bonds is 1. The van der Waals surface area contributed by atoms with Crippen LogP contribution in [0.25, 0.3) is 0 Å². The molecule has 1 saturated heterocycles. The molecule has 0 saturated carbocycles. The largest absolute Gasteiger partial charge is 0.364 e. The molecule has 1 aromatic rings. The maximum absolute atomic E-state index is 4.77. The number of thioether (sulfide) groups is 1. The molecule has 0 radical (unpaired) electrons. The second kappa shape index (κ2) is 3.28. The quantitative estimate of drug-likeness (QED) is 0.683. The smallest absolute Gasteiger partial charge is 0.128 e. The predicted molar refractivity (Wildman–Crippen MR) is 44.6 cm³/mol. The van der Waals surface area contributed by atoms with E-state index in [4.69, 9.17) is 4.52 Å². The fourth-order valence-electron chi connectivity index (χ4n) is 1.16. The molecule has 0 spiro atoms. The Morgan fingerprint density at radius 1 is 1.73 bits per heavy atom. The lowest BCUT2D eigenvalue weighted by Crippen LogP contribution is -2.29. The van der Waals surface area contributed by atoms with Crippen molar-refractivity contribution in [2.45, 2.75) is 6.04 Å². The highest BCUT2D eigenvalue weighted by atomic mass is 32.2. The number of nitrogens with zero attached hydrogens (tertiary/aromatic N) is 1. The van der Waals surface area contributed by atoms with Crippen LogP contribution in [0.1, 0.15) is 11.6 Å². The molecule has 0 amide bonds. The van der Waals surface area contributed by atoms with Gasteiger partial charge < -0.3 is 9.84 Å². The standard InChI is InChI=1S/C7H10N2OS/c1-2-11-5-7(8-1)6-3-9-10-4-6/h3-4,7-8H,1-2,5H2. The molecule has 1 N–H and O–H groups in total. The molecule has 60 valence electrons. The normalized spacial score (nSPS) is 25.3. The lowest BCUT2D eigenvalue weighted by Gasteiger charge is -2.21. The van der Waals surface area contributed by atoms with Gasteiger partial charge >= 0.3 is 0 Å². The van der Waals surface area contributed by atoms with Crippen LogP contribution in [-0.4, -0.2) is 23.2 Å². The van der Waals surface area contributed by atoms with E-state index in [1.165, 1.54) is 5.75 Å². The molecule has 2 heterocycles. The Morgan fingerprint density at radius 2 is 2.73 bits per heavy atom. The van der Waals surface area contributed by atoms with Gasteiger partial charge in [0.1, 0.15) is 6.26 Å². The van der Waals surface area contributed by atoms with Crippen LogP contribution in [0, 0.1) is 0 Å². The minimum Gasteiger partial charge on any atom is -0.364 e. The van der Waals surface area contributed by atoms with Gasteiger partial charge in [-0.05, 0) is 0 Å². The van der Waals surface area contributed by atoms with Crippen molar-refractivity contribution in [2.75, 3.05) is 18.1 Å². The van der Waals surface area contributed by atoms with Gasteiger partial charge in [-0.3, -0.25) is 0 Å². The highest BCUT2D eigenvalue weighted by Gasteiger charge is 2.15. The third-order valence-corrected chi connectivity index (χ3v) is 2.84. The Morgan fingerprint density at radius 3 is 3.36 bits per heavy atom. The molecule has 11 heavy (non-hydrogen) atoms. The molecule has 3 nitrogen and oxygen atoms in total. The molecule has 0 bridgehead atoms. The van der Waals surface area contributed by atoms with Crippen molar-refractivity contribution in [3.63, 3.8) is 0 Å². The van der Waals surface area contributed by atoms with Crippen molar-refractivity contribution in [3.05, 3.63) is 18.0 Å². The van der Waals surface area contributed by atoms with E-state index < -0.39 is 0 Å². The fraction of sp³-hybridized carbons (Fsp3) is 0.571. The maximum Gasteiger partial charge on any atom is 0.128 e. The van der Waals surface area contributed by atoms with Crippen molar-refractivity contribution in [3.8, 4) is 0 Å². The van der Waals surface area contributed by atoms with Gasteiger partial charge in [-0.2, -0.15) is 11.8 Å². The second-order valence-electron chi connectivity index (χ2n) is 2.54. The molecule has 1 aliphatic rings. The highest BCUT2D eigenvalue weighted by molar-refractivity contribution is 7.99. The first-order valence-electron chi connectivity index (χ1n) is 3.67. The van der Waals surface area contributed by atoms with E-state index in [1.54, 1.807) is 12.5 Å². The van der Waals surface area contributed by atoms with Gasteiger partial charge in [0.05, 0.1) is 6.20 Å². The lowest BCUT2D eigenvalue weighted by atomic mass is 10.2. The average Bonchev–Trinajstić information content (AvgIpc) is 2.58. The molecule has 1 aliphatic heterocycles. The summed E-state index contributed by atoms with van der Waals surface area (Å²) in [5.41, 5.74) is 1.16. The average molecular weight is 170 g/mol. The highest BCUT2D eigenvalue weighted by Crippen LogP contribution is 2.20. The Hall–Kier alpha value is -0.480. The lowest BCUT2D eigenvalue weighted by molar-refractivity contribution is 0.417. The zero-order valence-electron chi connectivity index (χ0n) is 6.12. The second-order valence-corrected chi connectivity index (χ2v) is 3.69. The zero-order chi connectivity index (χ0) is 7.52. The summed E-state index contributed by atoms with van der Waals surface area (Å²) in [5.74, 6) is 2.34. The minimum atomic E-state index is 0.444. The summed E-state index contributed by atoms with van der Waals surface area (Å²) in [6.45, 7) is 1.08. The molecule has 1 aromatic heterocycles. The fourth-order valence-corrected chi connectivity index (χ4v) is 2.14. The summed E-state index contributed by atoms with van der Waals surface area (Å²) in [4.78, 5) is 0. The first kappa shape index (κ1) is 7.18. The zero-order valence-corrected chi connectivity index (χ0v) is 6.93. The van der Waals surface area contributed by atoms with Crippen LogP contribution in [0.3, 0.4) is 0 Å². The molecule has 1 unspecified atom stereocenters. The van der Waals surface area contributed by atoms with E-state index >= 15 is 0 Å². The van der Waals surface area contributed by atoms with Crippen molar-refractivity contribution in [1.29, 1.82) is 0 Å². The van der Waals surface area contributed by atoms with Gasteiger partial charge in [-0.1, -0.05) is 5.16 Å². The molecule has 4 heteroatoms. The number of aromatic nitrogens is 1. The molecular weight excluding hydrogens is 160 g/mol. The molecular formula is C7H10N2OS. The van der Waals surface area contributed by atoms with E-state index in [0.717, 1.165) is 17.9 Å². The van der Waals surface area contributed by atoms with Gasteiger partial charge in [0.25, 0.3) is 0 Å². The number of nitrogens with one attached hydrogen (secondary N) is 1. The van der Waals surface area contributed by atoms with Crippen LogP contribution < -0.4 is 5.32 Å². The van der Waals surface area contributed by atoms with Gasteiger partial charge in [-0.25, -0.2) is 0 Å². The van der Waals surface area contributed by atoms with Crippen LogP contribution in [-0.2, 0) is 0 Å². The van der Waals surface area contributed by atoms with E-state index in [2.05, 4.69) is 10.5 Å². The summed E-state index contributed by atoms with van der Waals surface area (Å²) in [7, 11) is 0. The van der Waals surface area contributed by atoms with Gasteiger partial charge in [0.15, 0.2) is 0 Å². The van der Waals surface area contributed by atoms with E-state index in [0.29, 0.717) is 6.04 Å². The van der Waals surface area contributed by atoms with Crippen molar-refractivity contribution >= 4 is 11.8 Å². The summed E-state index contributed by atoms with van der Waals surface area (Å²) in [6, 6.07) is 0.444. The van der Waals surface area contributed by atoms with Gasteiger partial charge in [0.2, 0.25) is 0 Å². The van der Waals surface area contributed by atoms with Gasteiger partial charge in [-0.15, -0.1) is 0 Å². The Kier molecular flexibility index (Phi) is 2.14. The summed E-state index contributed by atoms with van der Waals surface area (Å²) in [5, 5.41) is 7.07. The molecule has 0 aliphatic carbocycles. The van der Waals surface area contributed by atoms with E-state index in [9.17, 15) is 0 Å². The number of hydrogen-bond acceptors (Lipinski definition) is 4. The van der Waals surface area contributed by atoms with Crippen LogP contribution in [0.2, 0.25) is 0 Å². The molecule has 1 fully saturated rings. The predicted octanol–water partition coefficient (Wildman–Crippen LogP) is 1.05. The molecule has 2 rings (SSSR count). The Balaban J connectivity index is 2.04. The third-order valence-electron chi connectivity index (χ3n) is 1.78. The molecule has 0 aromatic carbocycles. The Labute approximate surface area is 69.5 Å². The Bertz CT molecular complexity index is 206. The van der Waals surface area contributed by atoms with Crippen LogP contribution in [0.15, 0.2) is 17.0 Å². The SMILES string of the molecule is c1nocc1C1CSCCN1. The van der Waals surface area contributed by atoms with Crippen LogP contribution in [0.5, 0.6) is 0 Å². The first-order valence-corrected chi connectivity index (χ1v) is 4.83. The van der Waals surface area contributed by atoms with E-state index in [-0.39, 0.29) is 0 Å². The van der Waals surface area contributed by atoms with Gasteiger partial charge in [0, 0.05) is 29.7 Å². The summed E-state index contributed by atoms with van der Waals surface area (Å²) in [6.07, 6.45) is 3.49.